The van der Waals surface area contributed by atoms with E-state index in [2.05, 4.69) is 26.9 Å². The smallest absolute Gasteiger partial charge is 0.387 e. The molecule has 1 heterocycles. The van der Waals surface area contributed by atoms with E-state index >= 15 is 0 Å². The third-order valence-corrected chi connectivity index (χ3v) is 5.05. The van der Waals surface area contributed by atoms with Gasteiger partial charge in [0, 0.05) is 37.7 Å². The van der Waals surface area contributed by atoms with E-state index in [1.54, 1.807) is 19.2 Å². The lowest BCUT2D eigenvalue weighted by atomic mass is 10.2. The molecule has 8 heteroatoms. The maximum absolute atomic E-state index is 12.3. The zero-order chi connectivity index (χ0) is 16.7. The van der Waals surface area contributed by atoms with Crippen molar-refractivity contribution in [1.82, 2.24) is 10.2 Å². The molecule has 1 aromatic carbocycles. The highest BCUT2D eigenvalue weighted by atomic mass is 127. The lowest BCUT2D eigenvalue weighted by Gasteiger charge is -2.34. The number of rotatable bonds is 5. The van der Waals surface area contributed by atoms with Crippen molar-refractivity contribution in [3.63, 3.8) is 0 Å². The van der Waals surface area contributed by atoms with Crippen LogP contribution in [0.2, 0.25) is 0 Å². The molecule has 2 rings (SSSR count). The second-order valence-electron chi connectivity index (χ2n) is 5.27. The minimum atomic E-state index is -2.80. The number of hydrogen-bond donors (Lipinski definition) is 1. The fourth-order valence-corrected chi connectivity index (χ4v) is 3.68. The number of guanidine groups is 1. The minimum Gasteiger partial charge on any atom is -0.435 e. The molecule has 1 fully saturated rings. The summed E-state index contributed by atoms with van der Waals surface area (Å²) in [6.45, 7) is 1.87. The molecule has 1 aromatic rings. The van der Waals surface area contributed by atoms with Crippen molar-refractivity contribution in [2.24, 2.45) is 4.99 Å². The molecular formula is C16H24F2IN3OS. The normalized spacial score (nSPS) is 18.3. The van der Waals surface area contributed by atoms with E-state index in [9.17, 15) is 8.78 Å². The predicted molar refractivity (Wildman–Crippen MR) is 107 cm³/mol. The first kappa shape index (κ1) is 21.3. The number of nitrogens with one attached hydrogen (secondary N) is 1. The zero-order valence-corrected chi connectivity index (χ0v) is 17.0. The van der Waals surface area contributed by atoms with Gasteiger partial charge in [-0.3, -0.25) is 4.99 Å². The Balaban J connectivity index is 0.00000288. The van der Waals surface area contributed by atoms with Crippen LogP contribution in [0, 0.1) is 0 Å². The fourth-order valence-electron chi connectivity index (χ4n) is 2.50. The first-order chi connectivity index (χ1) is 11.1. The van der Waals surface area contributed by atoms with E-state index in [1.165, 1.54) is 6.07 Å². The van der Waals surface area contributed by atoms with Crippen LogP contribution in [0.3, 0.4) is 0 Å². The van der Waals surface area contributed by atoms with Crippen LogP contribution < -0.4 is 10.1 Å². The summed E-state index contributed by atoms with van der Waals surface area (Å²) >= 11 is 2.00. The van der Waals surface area contributed by atoms with Crippen molar-refractivity contribution in [3.8, 4) is 5.75 Å². The molecule has 0 radical (unpaired) electrons. The van der Waals surface area contributed by atoms with Gasteiger partial charge in [-0.15, -0.1) is 24.0 Å². The summed E-state index contributed by atoms with van der Waals surface area (Å²) in [5.41, 5.74) is 0.878. The van der Waals surface area contributed by atoms with E-state index in [0.29, 0.717) is 11.8 Å². The van der Waals surface area contributed by atoms with Gasteiger partial charge < -0.3 is 15.0 Å². The molecule has 24 heavy (non-hydrogen) atoms. The summed E-state index contributed by atoms with van der Waals surface area (Å²) in [6.07, 6.45) is 1.14. The number of nitrogens with zero attached hydrogens (tertiary/aromatic N) is 2. The van der Waals surface area contributed by atoms with E-state index in [0.717, 1.165) is 36.8 Å². The Labute approximate surface area is 163 Å². The number of ether oxygens (including phenoxy) is 1. The van der Waals surface area contributed by atoms with Gasteiger partial charge in [0.1, 0.15) is 5.75 Å². The van der Waals surface area contributed by atoms with Gasteiger partial charge in [0.15, 0.2) is 5.96 Å². The van der Waals surface area contributed by atoms with Gasteiger partial charge in [0.25, 0.3) is 0 Å². The summed E-state index contributed by atoms with van der Waals surface area (Å²) < 4.78 is 29.0. The monoisotopic (exact) mass is 471 g/mol. The van der Waals surface area contributed by atoms with Gasteiger partial charge in [-0.05, 0) is 24.1 Å². The van der Waals surface area contributed by atoms with Gasteiger partial charge >= 0.3 is 6.61 Å². The van der Waals surface area contributed by atoms with Crippen LogP contribution in [-0.2, 0) is 6.54 Å². The maximum atomic E-state index is 12.3. The van der Waals surface area contributed by atoms with Crippen molar-refractivity contribution in [2.75, 3.05) is 25.9 Å². The van der Waals surface area contributed by atoms with Gasteiger partial charge in [-0.1, -0.05) is 19.1 Å². The molecule has 0 amide bonds. The first-order valence-electron chi connectivity index (χ1n) is 7.73. The van der Waals surface area contributed by atoms with Crippen LogP contribution in [0.4, 0.5) is 8.78 Å². The van der Waals surface area contributed by atoms with Gasteiger partial charge in [0.05, 0.1) is 0 Å². The number of alkyl halides is 2. The van der Waals surface area contributed by atoms with Crippen LogP contribution in [0.5, 0.6) is 5.75 Å². The highest BCUT2D eigenvalue weighted by Crippen LogP contribution is 2.21. The van der Waals surface area contributed by atoms with Crippen LogP contribution in [0.25, 0.3) is 0 Å². The Kier molecular flexibility index (Phi) is 9.72. The van der Waals surface area contributed by atoms with Crippen LogP contribution in [0.1, 0.15) is 18.9 Å². The lowest BCUT2D eigenvalue weighted by Crippen LogP contribution is -2.47. The predicted octanol–water partition coefficient (Wildman–Crippen LogP) is 3.81. The van der Waals surface area contributed by atoms with Crippen LogP contribution in [0.15, 0.2) is 29.3 Å². The largest absolute Gasteiger partial charge is 0.435 e. The van der Waals surface area contributed by atoms with Gasteiger partial charge in [0.2, 0.25) is 0 Å². The third kappa shape index (κ3) is 6.62. The Bertz CT molecular complexity index is 534. The molecule has 1 saturated heterocycles. The molecule has 0 aliphatic carbocycles. The Morgan fingerprint density at radius 3 is 2.96 bits per heavy atom. The van der Waals surface area contributed by atoms with E-state index < -0.39 is 6.61 Å². The lowest BCUT2D eigenvalue weighted by molar-refractivity contribution is -0.0498. The SMILES string of the molecule is CCC1CN(C(=NC)NCc2cccc(OC(F)F)c2)CCS1.I. The highest BCUT2D eigenvalue weighted by Gasteiger charge is 2.21. The van der Waals surface area contributed by atoms with Crippen molar-refractivity contribution < 1.29 is 13.5 Å². The molecule has 1 atom stereocenters. The topological polar surface area (TPSA) is 36.9 Å². The molecular weight excluding hydrogens is 447 g/mol. The molecule has 4 nitrogen and oxygen atoms in total. The highest BCUT2D eigenvalue weighted by molar-refractivity contribution is 14.0. The average Bonchev–Trinajstić information content (AvgIpc) is 2.55. The molecule has 136 valence electrons. The summed E-state index contributed by atoms with van der Waals surface area (Å²) in [7, 11) is 1.77. The third-order valence-electron chi connectivity index (χ3n) is 3.68. The quantitative estimate of drug-likeness (QED) is 0.403. The molecule has 1 N–H and O–H groups in total. The van der Waals surface area contributed by atoms with Gasteiger partial charge in [-0.25, -0.2) is 0 Å². The Hall–Kier alpha value is -0.770. The molecule has 1 unspecified atom stereocenters. The summed E-state index contributed by atoms with van der Waals surface area (Å²) in [4.78, 5) is 6.59. The molecule has 0 bridgehead atoms. The van der Waals surface area contributed by atoms with Crippen LogP contribution >= 0.6 is 35.7 Å². The van der Waals surface area contributed by atoms with Crippen molar-refractivity contribution in [1.29, 1.82) is 0 Å². The Morgan fingerprint density at radius 1 is 1.50 bits per heavy atom. The fraction of sp³-hybridized carbons (Fsp3) is 0.562. The number of hydrogen-bond acceptors (Lipinski definition) is 3. The molecule has 0 aromatic heterocycles. The van der Waals surface area contributed by atoms with Crippen LogP contribution in [-0.4, -0.2) is 48.6 Å². The van der Waals surface area contributed by atoms with Crippen molar-refractivity contribution in [2.45, 2.75) is 31.8 Å². The second-order valence-corrected chi connectivity index (χ2v) is 6.68. The average molecular weight is 471 g/mol. The van der Waals surface area contributed by atoms with Crippen molar-refractivity contribution in [3.05, 3.63) is 29.8 Å². The standard InChI is InChI=1S/C16H23F2N3OS.HI/c1-3-14-11-21(7-8-23-14)16(19-2)20-10-12-5-4-6-13(9-12)22-15(17)18;/h4-6,9,14-15H,3,7-8,10-11H2,1-2H3,(H,19,20);1H. The number of benzene rings is 1. The molecule has 0 saturated carbocycles. The summed E-state index contributed by atoms with van der Waals surface area (Å²) in [6, 6.07) is 6.73. The maximum Gasteiger partial charge on any atom is 0.387 e. The van der Waals surface area contributed by atoms with E-state index in [-0.39, 0.29) is 29.7 Å². The second kappa shape index (κ2) is 11.0. The van der Waals surface area contributed by atoms with Gasteiger partial charge in [-0.2, -0.15) is 20.5 Å². The summed E-state index contributed by atoms with van der Waals surface area (Å²) in [5.74, 6) is 2.12. The van der Waals surface area contributed by atoms with Crippen molar-refractivity contribution >= 4 is 41.7 Å². The summed E-state index contributed by atoms with van der Waals surface area (Å²) in [5, 5.41) is 3.93. The van der Waals surface area contributed by atoms with E-state index in [1.807, 2.05) is 17.8 Å². The molecule has 0 spiro atoms. The minimum absolute atomic E-state index is 0. The number of halogens is 3. The molecule has 1 aliphatic heterocycles. The molecule has 1 aliphatic rings. The number of thioether (sulfide) groups is 1. The first-order valence-corrected chi connectivity index (χ1v) is 8.78. The number of aliphatic imine (C=N–C) groups is 1. The Morgan fingerprint density at radius 2 is 2.29 bits per heavy atom. The van der Waals surface area contributed by atoms with E-state index in [4.69, 9.17) is 0 Å². The zero-order valence-electron chi connectivity index (χ0n) is 13.9.